The number of aliphatic carboxylic acids is 1. The molecule has 0 saturated heterocycles. The lowest BCUT2D eigenvalue weighted by atomic mass is 10.2. The number of hydrogen-bond acceptors (Lipinski definition) is 5. The average Bonchev–Trinajstić information content (AvgIpc) is 2.24. The van der Waals surface area contributed by atoms with E-state index in [1.165, 1.54) is 0 Å². The fourth-order valence-electron chi connectivity index (χ4n) is 1.15. The quantitative estimate of drug-likeness (QED) is 0.671. The minimum atomic E-state index is -1.03. The molecular formula is C12H23NO4S2. The molecule has 0 aromatic heterocycles. The number of thioether (sulfide) groups is 2. The maximum Gasteiger partial charge on any atom is 0.408 e. The van der Waals surface area contributed by atoms with Crippen molar-refractivity contribution < 1.29 is 19.4 Å². The number of rotatable bonds is 8. The molecule has 2 N–H and O–H groups in total. The number of carbonyl (C=O) groups is 2. The van der Waals surface area contributed by atoms with Crippen molar-refractivity contribution in [3.63, 3.8) is 0 Å². The van der Waals surface area contributed by atoms with Gasteiger partial charge in [0.25, 0.3) is 0 Å². The number of carboxylic acids is 1. The number of amides is 1. The molecule has 0 saturated carbocycles. The predicted octanol–water partition coefficient (Wildman–Crippen LogP) is 2.45. The molecular weight excluding hydrogens is 286 g/mol. The molecule has 0 spiro atoms. The number of hydrogen-bond donors (Lipinski definition) is 2. The number of nitrogens with one attached hydrogen (secondary N) is 1. The maximum absolute atomic E-state index is 11.5. The summed E-state index contributed by atoms with van der Waals surface area (Å²) >= 11 is 3.44. The van der Waals surface area contributed by atoms with Crippen molar-refractivity contribution >= 4 is 35.6 Å². The summed E-state index contributed by atoms with van der Waals surface area (Å²) in [5.74, 6) is 1.70. The number of carbonyl (C=O) groups excluding carboxylic acids is 1. The summed E-state index contributed by atoms with van der Waals surface area (Å²) in [4.78, 5) is 22.5. The third-order valence-corrected chi connectivity index (χ3v) is 3.86. The Hall–Kier alpha value is -0.560. The Balaban J connectivity index is 4.05. The van der Waals surface area contributed by atoms with Crippen LogP contribution in [0.15, 0.2) is 0 Å². The molecule has 0 aliphatic heterocycles. The summed E-state index contributed by atoms with van der Waals surface area (Å²) in [6, 6.07) is -0.892. The van der Waals surface area contributed by atoms with Gasteiger partial charge in [0.05, 0.1) is 0 Å². The summed E-state index contributed by atoms with van der Waals surface area (Å²) < 4.78 is 5.04. The molecule has 1 atom stereocenters. The van der Waals surface area contributed by atoms with Crippen LogP contribution in [-0.4, -0.2) is 52.3 Å². The van der Waals surface area contributed by atoms with E-state index in [-0.39, 0.29) is 0 Å². The monoisotopic (exact) mass is 309 g/mol. The summed E-state index contributed by atoms with van der Waals surface area (Å²) in [6.45, 7) is 5.21. The van der Waals surface area contributed by atoms with Gasteiger partial charge in [0.2, 0.25) is 0 Å². The lowest BCUT2D eigenvalue weighted by Crippen LogP contribution is -2.43. The van der Waals surface area contributed by atoms with Crippen molar-refractivity contribution in [2.24, 2.45) is 0 Å². The number of ether oxygens (including phenoxy) is 1. The second kappa shape index (κ2) is 9.36. The summed E-state index contributed by atoms with van der Waals surface area (Å²) in [7, 11) is 0. The average molecular weight is 309 g/mol. The minimum absolute atomic E-state index is 0.396. The fraction of sp³-hybridized carbons (Fsp3) is 0.833. The summed E-state index contributed by atoms with van der Waals surface area (Å²) in [5, 5.41) is 11.4. The molecule has 112 valence electrons. The lowest BCUT2D eigenvalue weighted by Gasteiger charge is -2.21. The molecule has 5 nitrogen and oxygen atoms in total. The maximum atomic E-state index is 11.5. The highest BCUT2D eigenvalue weighted by Gasteiger charge is 2.23. The Morgan fingerprint density at radius 1 is 1.26 bits per heavy atom. The first-order valence-corrected chi connectivity index (χ1v) is 8.60. The zero-order chi connectivity index (χ0) is 14.9. The molecule has 0 aromatic rings. The van der Waals surface area contributed by atoms with Crippen LogP contribution in [0.5, 0.6) is 0 Å². The first-order chi connectivity index (χ1) is 8.76. The Bertz CT molecular complexity index is 292. The van der Waals surface area contributed by atoms with Gasteiger partial charge in [-0.25, -0.2) is 9.59 Å². The minimum Gasteiger partial charge on any atom is -0.480 e. The molecule has 0 radical (unpaired) electrons. The second-order valence-corrected chi connectivity index (χ2v) is 7.14. The topological polar surface area (TPSA) is 75.6 Å². The van der Waals surface area contributed by atoms with Gasteiger partial charge in [-0.3, -0.25) is 0 Å². The van der Waals surface area contributed by atoms with Crippen LogP contribution in [0.2, 0.25) is 0 Å². The van der Waals surface area contributed by atoms with Gasteiger partial charge in [0.15, 0.2) is 0 Å². The summed E-state index contributed by atoms with van der Waals surface area (Å²) in [5.41, 5.74) is -0.625. The van der Waals surface area contributed by atoms with Crippen LogP contribution in [0.25, 0.3) is 0 Å². The van der Waals surface area contributed by atoms with E-state index in [0.29, 0.717) is 12.2 Å². The predicted molar refractivity (Wildman–Crippen MR) is 81.1 cm³/mol. The molecule has 1 amide bonds. The van der Waals surface area contributed by atoms with Crippen LogP contribution in [0.1, 0.15) is 27.2 Å². The van der Waals surface area contributed by atoms with Crippen LogP contribution < -0.4 is 5.32 Å². The van der Waals surface area contributed by atoms with Gasteiger partial charge in [-0.05, 0) is 39.2 Å². The van der Waals surface area contributed by atoms with Crippen LogP contribution >= 0.6 is 23.5 Å². The largest absolute Gasteiger partial charge is 0.480 e. The van der Waals surface area contributed by atoms with Gasteiger partial charge in [-0.15, -0.1) is 0 Å². The van der Waals surface area contributed by atoms with Crippen molar-refractivity contribution in [1.29, 1.82) is 0 Å². The second-order valence-electron chi connectivity index (χ2n) is 4.93. The van der Waals surface area contributed by atoms with E-state index >= 15 is 0 Å². The fourth-order valence-corrected chi connectivity index (χ4v) is 2.90. The summed E-state index contributed by atoms with van der Waals surface area (Å²) in [6.07, 6.45) is 1.74. The van der Waals surface area contributed by atoms with Crippen LogP contribution in [-0.2, 0) is 9.53 Å². The third-order valence-electron chi connectivity index (χ3n) is 1.97. The van der Waals surface area contributed by atoms with Gasteiger partial charge in [0.1, 0.15) is 11.6 Å². The Kier molecular flexibility index (Phi) is 9.08. The van der Waals surface area contributed by atoms with E-state index in [1.54, 1.807) is 44.3 Å². The van der Waals surface area contributed by atoms with Crippen LogP contribution in [0.3, 0.4) is 0 Å². The highest BCUT2D eigenvalue weighted by Crippen LogP contribution is 2.10. The highest BCUT2D eigenvalue weighted by atomic mass is 32.2. The van der Waals surface area contributed by atoms with E-state index in [9.17, 15) is 9.59 Å². The van der Waals surface area contributed by atoms with Crippen molar-refractivity contribution in [3.05, 3.63) is 0 Å². The van der Waals surface area contributed by atoms with Crippen molar-refractivity contribution in [2.45, 2.75) is 38.8 Å². The highest BCUT2D eigenvalue weighted by molar-refractivity contribution is 8.02. The molecule has 0 bridgehead atoms. The molecule has 0 heterocycles. The molecule has 0 aliphatic rings. The van der Waals surface area contributed by atoms with E-state index in [4.69, 9.17) is 9.84 Å². The first-order valence-electron chi connectivity index (χ1n) is 6.05. The molecule has 1 unspecified atom stereocenters. The first kappa shape index (κ1) is 18.4. The van der Waals surface area contributed by atoms with E-state index < -0.39 is 23.7 Å². The zero-order valence-corrected chi connectivity index (χ0v) is 13.5. The van der Waals surface area contributed by atoms with Gasteiger partial charge in [-0.2, -0.15) is 23.5 Å². The van der Waals surface area contributed by atoms with E-state index in [2.05, 4.69) is 5.32 Å². The van der Waals surface area contributed by atoms with Gasteiger partial charge in [0, 0.05) is 11.5 Å². The standard InChI is InChI=1S/C12H23NO4S2/c1-12(2,3)17-11(16)13-9(10(14)15)5-6-19-8-7-18-4/h9H,5-8H2,1-4H3,(H,13,16)(H,14,15). The van der Waals surface area contributed by atoms with Crippen molar-refractivity contribution in [1.82, 2.24) is 5.32 Å². The zero-order valence-electron chi connectivity index (χ0n) is 11.9. The van der Waals surface area contributed by atoms with E-state index in [1.807, 2.05) is 6.26 Å². The Morgan fingerprint density at radius 2 is 1.89 bits per heavy atom. The number of carboxylic acid groups (broad SMARTS) is 1. The van der Waals surface area contributed by atoms with Gasteiger partial charge >= 0.3 is 12.1 Å². The Morgan fingerprint density at radius 3 is 2.37 bits per heavy atom. The number of alkyl carbamates (subject to hydrolysis) is 1. The van der Waals surface area contributed by atoms with Crippen molar-refractivity contribution in [3.8, 4) is 0 Å². The van der Waals surface area contributed by atoms with Crippen molar-refractivity contribution in [2.75, 3.05) is 23.5 Å². The molecule has 0 rings (SSSR count). The van der Waals surface area contributed by atoms with Gasteiger partial charge < -0.3 is 15.2 Å². The molecule has 7 heteroatoms. The smallest absolute Gasteiger partial charge is 0.408 e. The molecule has 0 fully saturated rings. The third kappa shape index (κ3) is 11.0. The Labute approximate surface area is 123 Å². The molecule has 0 aliphatic carbocycles. The van der Waals surface area contributed by atoms with E-state index in [0.717, 1.165) is 11.5 Å². The lowest BCUT2D eigenvalue weighted by molar-refractivity contribution is -0.139. The SMILES string of the molecule is CSCCSCCC(NC(=O)OC(C)(C)C)C(=O)O. The van der Waals surface area contributed by atoms with Crippen LogP contribution in [0, 0.1) is 0 Å². The molecule has 0 aromatic carbocycles. The van der Waals surface area contributed by atoms with Crippen LogP contribution in [0.4, 0.5) is 4.79 Å². The van der Waals surface area contributed by atoms with Gasteiger partial charge in [-0.1, -0.05) is 0 Å². The normalized spacial score (nSPS) is 12.8. The molecule has 19 heavy (non-hydrogen) atoms.